The first kappa shape index (κ1) is 15.6. The highest BCUT2D eigenvalue weighted by Crippen LogP contribution is 2.33. The fourth-order valence-corrected chi connectivity index (χ4v) is 3.62. The van der Waals surface area contributed by atoms with E-state index >= 15 is 0 Å². The summed E-state index contributed by atoms with van der Waals surface area (Å²) in [5.41, 5.74) is -0.382. The topological polar surface area (TPSA) is 105 Å². The molecule has 0 aliphatic heterocycles. The molecular formula is C13H17N3O4S. The lowest BCUT2D eigenvalue weighted by Gasteiger charge is -2.14. The Morgan fingerprint density at radius 2 is 2.33 bits per heavy atom. The molecule has 1 aliphatic carbocycles. The molecule has 2 N–H and O–H groups in total. The van der Waals surface area contributed by atoms with Crippen molar-refractivity contribution < 1.29 is 14.8 Å². The number of aromatic carboxylic acids is 1. The van der Waals surface area contributed by atoms with Crippen LogP contribution in [0.15, 0.2) is 12.1 Å². The van der Waals surface area contributed by atoms with Crippen LogP contribution in [0.5, 0.6) is 0 Å². The summed E-state index contributed by atoms with van der Waals surface area (Å²) in [6.07, 6.45) is 2.88. The predicted octanol–water partition coefficient (Wildman–Crippen LogP) is 2.77. The van der Waals surface area contributed by atoms with Crippen molar-refractivity contribution in [3.05, 3.63) is 27.9 Å². The second-order valence-corrected chi connectivity index (χ2v) is 6.44. The normalized spacial score (nSPS) is 21.2. The minimum Gasteiger partial charge on any atom is -0.477 e. The number of carboxylic acids is 1. The van der Waals surface area contributed by atoms with E-state index in [4.69, 9.17) is 5.11 Å². The molecule has 8 heteroatoms. The van der Waals surface area contributed by atoms with E-state index in [2.05, 4.69) is 17.2 Å². The van der Waals surface area contributed by atoms with Crippen molar-refractivity contribution in [3.8, 4) is 0 Å². The van der Waals surface area contributed by atoms with Gasteiger partial charge in [-0.05, 0) is 31.1 Å². The first-order chi connectivity index (χ1) is 10.0. The molecular weight excluding hydrogens is 294 g/mol. The number of thioether (sulfide) groups is 1. The lowest BCUT2D eigenvalue weighted by atomic mass is 10.2. The number of carboxylic acid groups (broad SMARTS) is 1. The molecule has 114 valence electrons. The molecule has 1 fully saturated rings. The Morgan fingerprint density at radius 3 is 2.95 bits per heavy atom. The first-order valence-electron chi connectivity index (χ1n) is 6.78. The summed E-state index contributed by atoms with van der Waals surface area (Å²) < 4.78 is 0. The van der Waals surface area contributed by atoms with Crippen LogP contribution in [-0.4, -0.2) is 38.0 Å². The highest BCUT2D eigenvalue weighted by molar-refractivity contribution is 7.99. The third-order valence-corrected chi connectivity index (χ3v) is 4.65. The van der Waals surface area contributed by atoms with E-state index in [0.29, 0.717) is 5.25 Å². The van der Waals surface area contributed by atoms with E-state index < -0.39 is 10.9 Å². The van der Waals surface area contributed by atoms with Crippen molar-refractivity contribution in [2.45, 2.75) is 37.5 Å². The summed E-state index contributed by atoms with van der Waals surface area (Å²) in [4.78, 5) is 25.3. The van der Waals surface area contributed by atoms with Crippen LogP contribution in [0.4, 0.5) is 11.5 Å². The SMILES string of the molecule is CCSC1CCC(Nc2nc(C(=O)O)ccc2[N+](=O)[O-])C1. The lowest BCUT2D eigenvalue weighted by molar-refractivity contribution is -0.384. The van der Waals surface area contributed by atoms with Crippen LogP contribution in [0, 0.1) is 10.1 Å². The van der Waals surface area contributed by atoms with Crippen molar-refractivity contribution in [1.82, 2.24) is 4.98 Å². The molecule has 0 amide bonds. The number of hydrogen-bond donors (Lipinski definition) is 2. The summed E-state index contributed by atoms with van der Waals surface area (Å²) in [6, 6.07) is 2.44. The molecule has 0 spiro atoms. The molecule has 0 bridgehead atoms. The standard InChI is InChI=1S/C13H17N3O4S/c1-2-21-9-4-3-8(7-9)14-12-11(16(19)20)6-5-10(15-12)13(17)18/h5-6,8-9H,2-4,7H2,1H3,(H,14,15)(H,17,18). The average Bonchev–Trinajstić information content (AvgIpc) is 2.86. The van der Waals surface area contributed by atoms with Crippen LogP contribution in [0.3, 0.4) is 0 Å². The quantitative estimate of drug-likeness (QED) is 0.614. The molecule has 2 unspecified atom stereocenters. The van der Waals surface area contributed by atoms with Crippen LogP contribution in [0.25, 0.3) is 0 Å². The Balaban J connectivity index is 2.16. The molecule has 1 saturated carbocycles. The first-order valence-corrected chi connectivity index (χ1v) is 7.83. The zero-order valence-corrected chi connectivity index (χ0v) is 12.4. The molecule has 2 rings (SSSR count). The summed E-state index contributed by atoms with van der Waals surface area (Å²) in [5, 5.41) is 23.6. The number of nitrogens with zero attached hydrogens (tertiary/aromatic N) is 2. The monoisotopic (exact) mass is 311 g/mol. The Hall–Kier alpha value is -1.83. The minimum atomic E-state index is -1.20. The van der Waals surface area contributed by atoms with Gasteiger partial charge in [-0.2, -0.15) is 11.8 Å². The van der Waals surface area contributed by atoms with Gasteiger partial charge in [0.25, 0.3) is 0 Å². The zero-order chi connectivity index (χ0) is 15.4. The lowest BCUT2D eigenvalue weighted by Crippen LogP contribution is -2.19. The maximum atomic E-state index is 11.0. The van der Waals surface area contributed by atoms with Gasteiger partial charge in [0, 0.05) is 17.4 Å². The minimum absolute atomic E-state index is 0.0482. The van der Waals surface area contributed by atoms with Crippen molar-refractivity contribution in [3.63, 3.8) is 0 Å². The maximum absolute atomic E-state index is 11.0. The van der Waals surface area contributed by atoms with Gasteiger partial charge in [0.2, 0.25) is 5.82 Å². The van der Waals surface area contributed by atoms with E-state index in [1.165, 1.54) is 6.07 Å². The third-order valence-electron chi connectivity index (χ3n) is 3.42. The van der Waals surface area contributed by atoms with Crippen LogP contribution in [-0.2, 0) is 0 Å². The van der Waals surface area contributed by atoms with Crippen LogP contribution < -0.4 is 5.32 Å². The molecule has 21 heavy (non-hydrogen) atoms. The summed E-state index contributed by atoms with van der Waals surface area (Å²) in [5.74, 6) is -0.101. The zero-order valence-electron chi connectivity index (χ0n) is 11.6. The van der Waals surface area contributed by atoms with Crippen molar-refractivity contribution in [2.24, 2.45) is 0 Å². The molecule has 1 heterocycles. The Morgan fingerprint density at radius 1 is 1.57 bits per heavy atom. The van der Waals surface area contributed by atoms with Gasteiger partial charge in [0.15, 0.2) is 5.69 Å². The van der Waals surface area contributed by atoms with Crippen LogP contribution in [0.2, 0.25) is 0 Å². The van der Waals surface area contributed by atoms with Gasteiger partial charge in [0.05, 0.1) is 4.92 Å². The van der Waals surface area contributed by atoms with Gasteiger partial charge in [-0.15, -0.1) is 0 Å². The predicted molar refractivity (Wildman–Crippen MR) is 81.0 cm³/mol. The number of rotatable bonds is 6. The fraction of sp³-hybridized carbons (Fsp3) is 0.538. The molecule has 0 saturated heterocycles. The third kappa shape index (κ3) is 3.84. The highest BCUT2D eigenvalue weighted by Gasteiger charge is 2.27. The average molecular weight is 311 g/mol. The molecule has 1 aromatic heterocycles. The van der Waals surface area contributed by atoms with E-state index in [9.17, 15) is 14.9 Å². The number of anilines is 1. The van der Waals surface area contributed by atoms with Gasteiger partial charge >= 0.3 is 11.7 Å². The molecule has 7 nitrogen and oxygen atoms in total. The summed E-state index contributed by atoms with van der Waals surface area (Å²) >= 11 is 1.88. The van der Waals surface area contributed by atoms with Gasteiger partial charge in [-0.1, -0.05) is 6.92 Å². The van der Waals surface area contributed by atoms with Gasteiger partial charge in [0.1, 0.15) is 0 Å². The second-order valence-electron chi connectivity index (χ2n) is 4.86. The molecule has 1 aromatic rings. The van der Waals surface area contributed by atoms with E-state index in [0.717, 1.165) is 31.1 Å². The fourth-order valence-electron chi connectivity index (χ4n) is 2.48. The Bertz CT molecular complexity index is 552. The number of aromatic nitrogens is 1. The number of hydrogen-bond acceptors (Lipinski definition) is 6. The van der Waals surface area contributed by atoms with Gasteiger partial charge in [-0.25, -0.2) is 9.78 Å². The Kier molecular flexibility index (Phi) is 5.00. The maximum Gasteiger partial charge on any atom is 0.354 e. The molecule has 0 aromatic carbocycles. The number of carbonyl (C=O) groups is 1. The number of nitrogens with one attached hydrogen (secondary N) is 1. The van der Waals surface area contributed by atoms with E-state index in [1.54, 1.807) is 0 Å². The smallest absolute Gasteiger partial charge is 0.354 e. The number of nitro groups is 1. The Labute approximate surface area is 126 Å². The van der Waals surface area contributed by atoms with Gasteiger partial charge in [-0.3, -0.25) is 10.1 Å². The van der Waals surface area contributed by atoms with E-state index in [-0.39, 0.29) is 23.2 Å². The van der Waals surface area contributed by atoms with Gasteiger partial charge < -0.3 is 10.4 Å². The molecule has 0 radical (unpaired) electrons. The highest BCUT2D eigenvalue weighted by atomic mass is 32.2. The van der Waals surface area contributed by atoms with Crippen LogP contribution in [0.1, 0.15) is 36.7 Å². The van der Waals surface area contributed by atoms with Crippen molar-refractivity contribution >= 4 is 29.2 Å². The largest absolute Gasteiger partial charge is 0.477 e. The summed E-state index contributed by atoms with van der Waals surface area (Å²) in [7, 11) is 0. The van der Waals surface area contributed by atoms with Crippen molar-refractivity contribution in [2.75, 3.05) is 11.1 Å². The molecule has 2 atom stereocenters. The second kappa shape index (κ2) is 6.75. The molecule has 1 aliphatic rings. The van der Waals surface area contributed by atoms with Crippen LogP contribution >= 0.6 is 11.8 Å². The number of pyridine rings is 1. The van der Waals surface area contributed by atoms with Crippen molar-refractivity contribution in [1.29, 1.82) is 0 Å². The summed E-state index contributed by atoms with van der Waals surface area (Å²) in [6.45, 7) is 2.11. The van der Waals surface area contributed by atoms with E-state index in [1.807, 2.05) is 11.8 Å².